The van der Waals surface area contributed by atoms with E-state index < -0.39 is 11.3 Å². The molecule has 3 amide bonds. The summed E-state index contributed by atoms with van der Waals surface area (Å²) in [6.45, 7) is 3.96. The van der Waals surface area contributed by atoms with Crippen LogP contribution in [0.5, 0.6) is 0 Å². The zero-order valence-electron chi connectivity index (χ0n) is 12.3. The standard InChI is InChI=1S/C14H17N5O2S/c1-3-15-13(21)17-12(20)10(2)22-14-18-16-9-19(14)11-7-5-4-6-8-11/h4-10H,3H2,1-2H3,(H2,15,17,20,21)/t10-/m1/s1. The number of benzene rings is 1. The van der Waals surface area contributed by atoms with Crippen molar-refractivity contribution in [3.63, 3.8) is 0 Å². The molecule has 1 atom stereocenters. The topological polar surface area (TPSA) is 88.9 Å². The van der Waals surface area contributed by atoms with Crippen molar-refractivity contribution in [2.75, 3.05) is 6.54 Å². The van der Waals surface area contributed by atoms with E-state index >= 15 is 0 Å². The van der Waals surface area contributed by atoms with Crippen LogP contribution in [0.3, 0.4) is 0 Å². The first-order chi connectivity index (χ1) is 10.6. The summed E-state index contributed by atoms with van der Waals surface area (Å²) < 4.78 is 1.79. The molecule has 0 bridgehead atoms. The molecule has 0 unspecified atom stereocenters. The molecule has 0 saturated carbocycles. The number of hydrogen-bond donors (Lipinski definition) is 2. The fraction of sp³-hybridized carbons (Fsp3) is 0.286. The van der Waals surface area contributed by atoms with Gasteiger partial charge in [0.2, 0.25) is 5.91 Å². The van der Waals surface area contributed by atoms with Crippen LogP contribution in [0.4, 0.5) is 4.79 Å². The molecule has 22 heavy (non-hydrogen) atoms. The number of amides is 3. The maximum absolute atomic E-state index is 12.0. The van der Waals surface area contributed by atoms with Crippen LogP contribution >= 0.6 is 11.8 Å². The Kier molecular flexibility index (Phi) is 5.54. The Morgan fingerprint density at radius 1 is 1.32 bits per heavy atom. The molecule has 2 N–H and O–H groups in total. The molecule has 2 rings (SSSR count). The van der Waals surface area contributed by atoms with Crippen molar-refractivity contribution in [3.05, 3.63) is 36.7 Å². The number of hydrogen-bond acceptors (Lipinski definition) is 5. The Morgan fingerprint density at radius 2 is 2.05 bits per heavy atom. The Labute approximate surface area is 132 Å². The fourth-order valence-corrected chi connectivity index (χ4v) is 2.54. The van der Waals surface area contributed by atoms with Crippen molar-refractivity contribution in [2.45, 2.75) is 24.3 Å². The van der Waals surface area contributed by atoms with Gasteiger partial charge in [-0.3, -0.25) is 14.7 Å². The van der Waals surface area contributed by atoms with E-state index in [0.717, 1.165) is 5.69 Å². The van der Waals surface area contributed by atoms with Crippen LogP contribution in [-0.2, 0) is 4.79 Å². The lowest BCUT2D eigenvalue weighted by molar-refractivity contribution is -0.119. The van der Waals surface area contributed by atoms with E-state index in [2.05, 4.69) is 20.8 Å². The quantitative estimate of drug-likeness (QED) is 0.817. The van der Waals surface area contributed by atoms with Crippen molar-refractivity contribution >= 4 is 23.7 Å². The normalized spacial score (nSPS) is 11.7. The lowest BCUT2D eigenvalue weighted by atomic mass is 10.3. The van der Waals surface area contributed by atoms with E-state index in [0.29, 0.717) is 11.7 Å². The lowest BCUT2D eigenvalue weighted by Crippen LogP contribution is -2.42. The van der Waals surface area contributed by atoms with E-state index in [-0.39, 0.29) is 5.91 Å². The number of thioether (sulfide) groups is 1. The highest BCUT2D eigenvalue weighted by atomic mass is 32.2. The smallest absolute Gasteiger partial charge is 0.321 e. The summed E-state index contributed by atoms with van der Waals surface area (Å²) in [5.41, 5.74) is 0.909. The number of carbonyl (C=O) groups is 2. The van der Waals surface area contributed by atoms with Crippen LogP contribution < -0.4 is 10.6 Å². The van der Waals surface area contributed by atoms with Crippen LogP contribution in [0.25, 0.3) is 5.69 Å². The molecule has 1 aromatic carbocycles. The molecular formula is C14H17N5O2S. The summed E-state index contributed by atoms with van der Waals surface area (Å²) in [6, 6.07) is 9.09. The molecule has 0 radical (unpaired) electrons. The summed E-state index contributed by atoms with van der Waals surface area (Å²) >= 11 is 1.24. The number of nitrogens with zero attached hydrogens (tertiary/aromatic N) is 3. The van der Waals surface area contributed by atoms with Gasteiger partial charge >= 0.3 is 6.03 Å². The number of nitrogens with one attached hydrogen (secondary N) is 2. The number of imide groups is 1. The average Bonchev–Trinajstić information content (AvgIpc) is 2.96. The summed E-state index contributed by atoms with van der Waals surface area (Å²) in [7, 11) is 0. The molecule has 0 fully saturated rings. The zero-order chi connectivity index (χ0) is 15.9. The third kappa shape index (κ3) is 4.08. The van der Waals surface area contributed by atoms with Gasteiger partial charge in [-0.25, -0.2) is 4.79 Å². The summed E-state index contributed by atoms with van der Waals surface area (Å²) in [6.07, 6.45) is 1.59. The van der Waals surface area contributed by atoms with Gasteiger partial charge in [0.05, 0.1) is 5.25 Å². The molecule has 8 heteroatoms. The highest BCUT2D eigenvalue weighted by Gasteiger charge is 2.19. The maximum atomic E-state index is 12.0. The maximum Gasteiger partial charge on any atom is 0.321 e. The molecule has 1 aromatic heterocycles. The van der Waals surface area contributed by atoms with Crippen LogP contribution in [0, 0.1) is 0 Å². The largest absolute Gasteiger partial charge is 0.338 e. The van der Waals surface area contributed by atoms with Crippen molar-refractivity contribution < 1.29 is 9.59 Å². The first kappa shape index (κ1) is 16.0. The molecule has 2 aromatic rings. The summed E-state index contributed by atoms with van der Waals surface area (Å²) in [5.74, 6) is -0.376. The molecule has 0 spiro atoms. The van der Waals surface area contributed by atoms with Gasteiger partial charge in [0.15, 0.2) is 5.16 Å². The van der Waals surface area contributed by atoms with Crippen LogP contribution in [0.15, 0.2) is 41.8 Å². The van der Waals surface area contributed by atoms with Crippen molar-refractivity contribution in [3.8, 4) is 5.69 Å². The number of carbonyl (C=O) groups excluding carboxylic acids is 2. The number of aromatic nitrogens is 3. The minimum absolute atomic E-state index is 0.376. The Morgan fingerprint density at radius 3 is 2.73 bits per heavy atom. The van der Waals surface area contributed by atoms with Gasteiger partial charge in [-0.15, -0.1) is 10.2 Å². The van der Waals surface area contributed by atoms with Gasteiger partial charge in [-0.2, -0.15) is 0 Å². The average molecular weight is 319 g/mol. The number of rotatable bonds is 5. The highest BCUT2D eigenvalue weighted by Crippen LogP contribution is 2.23. The SMILES string of the molecule is CCNC(=O)NC(=O)[C@@H](C)Sc1nncn1-c1ccccc1. The van der Waals surface area contributed by atoms with E-state index in [1.807, 2.05) is 30.3 Å². The molecular weight excluding hydrogens is 302 g/mol. The first-order valence-corrected chi connectivity index (χ1v) is 7.70. The molecule has 0 aliphatic rings. The van der Waals surface area contributed by atoms with Gasteiger partial charge in [-0.1, -0.05) is 30.0 Å². The van der Waals surface area contributed by atoms with E-state index in [9.17, 15) is 9.59 Å². The summed E-state index contributed by atoms with van der Waals surface area (Å²) in [4.78, 5) is 23.3. The Balaban J connectivity index is 2.04. The van der Waals surface area contributed by atoms with Crippen LogP contribution in [-0.4, -0.2) is 38.5 Å². The monoisotopic (exact) mass is 319 g/mol. The lowest BCUT2D eigenvalue weighted by Gasteiger charge is -2.11. The van der Waals surface area contributed by atoms with Gasteiger partial charge in [0, 0.05) is 12.2 Å². The third-order valence-electron chi connectivity index (χ3n) is 2.78. The zero-order valence-corrected chi connectivity index (χ0v) is 13.1. The second-order valence-electron chi connectivity index (χ2n) is 4.43. The number of urea groups is 1. The fourth-order valence-electron chi connectivity index (χ4n) is 1.70. The molecule has 7 nitrogen and oxygen atoms in total. The highest BCUT2D eigenvalue weighted by molar-refractivity contribution is 8.00. The third-order valence-corrected chi connectivity index (χ3v) is 3.83. The minimum atomic E-state index is -0.496. The van der Waals surface area contributed by atoms with Gasteiger partial charge in [0.1, 0.15) is 6.33 Å². The first-order valence-electron chi connectivity index (χ1n) is 6.82. The van der Waals surface area contributed by atoms with Crippen LogP contribution in [0.2, 0.25) is 0 Å². The molecule has 0 aliphatic carbocycles. The predicted octanol–water partition coefficient (Wildman–Crippen LogP) is 1.59. The van der Waals surface area contributed by atoms with E-state index in [4.69, 9.17) is 0 Å². The Hall–Kier alpha value is -2.35. The van der Waals surface area contributed by atoms with Gasteiger partial charge in [0.25, 0.3) is 0 Å². The number of para-hydroxylation sites is 1. The molecule has 116 valence electrons. The van der Waals surface area contributed by atoms with Crippen molar-refractivity contribution in [2.24, 2.45) is 0 Å². The minimum Gasteiger partial charge on any atom is -0.338 e. The van der Waals surface area contributed by atoms with Gasteiger partial charge < -0.3 is 5.32 Å². The second kappa shape index (κ2) is 7.60. The van der Waals surface area contributed by atoms with Gasteiger partial charge in [-0.05, 0) is 26.0 Å². The molecule has 0 saturated heterocycles. The van der Waals surface area contributed by atoms with Crippen LogP contribution in [0.1, 0.15) is 13.8 Å². The molecule has 0 aliphatic heterocycles. The molecule has 1 heterocycles. The Bertz CT molecular complexity index is 644. The van der Waals surface area contributed by atoms with Crippen molar-refractivity contribution in [1.29, 1.82) is 0 Å². The van der Waals surface area contributed by atoms with E-state index in [1.54, 1.807) is 24.7 Å². The van der Waals surface area contributed by atoms with E-state index in [1.165, 1.54) is 11.8 Å². The second-order valence-corrected chi connectivity index (χ2v) is 5.74. The predicted molar refractivity (Wildman–Crippen MR) is 83.9 cm³/mol. The summed E-state index contributed by atoms with van der Waals surface area (Å²) in [5, 5.41) is 12.8. The van der Waals surface area contributed by atoms with Crippen molar-refractivity contribution in [1.82, 2.24) is 25.4 Å².